The van der Waals surface area contributed by atoms with Crippen LogP contribution in [0.2, 0.25) is 0 Å². The van der Waals surface area contributed by atoms with Crippen molar-refractivity contribution in [3.63, 3.8) is 0 Å². The largest absolute Gasteiger partial charge is 0.493 e. The number of likely N-dealkylation sites (tertiary alicyclic amines) is 1. The highest BCUT2D eigenvalue weighted by atomic mass is 16.5. The van der Waals surface area contributed by atoms with Crippen molar-refractivity contribution < 1.29 is 9.47 Å². The van der Waals surface area contributed by atoms with E-state index in [2.05, 4.69) is 29.4 Å². The molecule has 0 bridgehead atoms. The van der Waals surface area contributed by atoms with E-state index in [-0.39, 0.29) is 0 Å². The summed E-state index contributed by atoms with van der Waals surface area (Å²) in [5.74, 6) is 1.72. The van der Waals surface area contributed by atoms with Gasteiger partial charge in [0.25, 0.3) is 0 Å². The van der Waals surface area contributed by atoms with E-state index in [1.54, 1.807) is 7.11 Å². The Hall–Kier alpha value is -1.26. The Morgan fingerprint density at radius 2 is 2.00 bits per heavy atom. The van der Waals surface area contributed by atoms with Crippen molar-refractivity contribution in [3.05, 3.63) is 23.8 Å². The average molecular weight is 278 g/mol. The van der Waals surface area contributed by atoms with E-state index in [4.69, 9.17) is 9.47 Å². The maximum absolute atomic E-state index is 6.12. The molecule has 0 radical (unpaired) electrons. The summed E-state index contributed by atoms with van der Waals surface area (Å²) in [7, 11) is 5.83. The van der Waals surface area contributed by atoms with Gasteiger partial charge >= 0.3 is 0 Å². The Balaban J connectivity index is 1.99. The first-order valence-electron chi connectivity index (χ1n) is 7.39. The van der Waals surface area contributed by atoms with Crippen molar-refractivity contribution in [1.29, 1.82) is 0 Å². The van der Waals surface area contributed by atoms with Crippen molar-refractivity contribution in [2.24, 2.45) is 0 Å². The number of ether oxygens (including phenoxy) is 2. The van der Waals surface area contributed by atoms with Crippen LogP contribution in [-0.4, -0.2) is 51.8 Å². The summed E-state index contributed by atoms with van der Waals surface area (Å²) in [5, 5.41) is 3.16. The number of hydrogen-bond acceptors (Lipinski definition) is 4. The van der Waals surface area contributed by atoms with E-state index in [1.165, 1.54) is 5.56 Å². The van der Waals surface area contributed by atoms with Gasteiger partial charge in [0.05, 0.1) is 7.11 Å². The van der Waals surface area contributed by atoms with Crippen molar-refractivity contribution in [1.82, 2.24) is 10.2 Å². The topological polar surface area (TPSA) is 33.7 Å². The molecule has 0 saturated carbocycles. The molecule has 1 saturated heterocycles. The number of rotatable bonds is 6. The zero-order chi connectivity index (χ0) is 14.4. The first-order chi connectivity index (χ1) is 9.72. The number of nitrogens with zero attached hydrogens (tertiary/aromatic N) is 1. The molecule has 4 heteroatoms. The van der Waals surface area contributed by atoms with Crippen LogP contribution in [0, 0.1) is 0 Å². The first kappa shape index (κ1) is 15.1. The molecular formula is C16H26N2O2. The number of hydrogen-bond donors (Lipinski definition) is 1. The zero-order valence-corrected chi connectivity index (χ0v) is 12.8. The summed E-state index contributed by atoms with van der Waals surface area (Å²) < 4.78 is 11.6. The molecule has 1 fully saturated rings. The molecule has 1 aromatic carbocycles. The highest BCUT2D eigenvalue weighted by Gasteiger charge is 2.19. The summed E-state index contributed by atoms with van der Waals surface area (Å²) in [4.78, 5) is 2.35. The van der Waals surface area contributed by atoms with Gasteiger partial charge in [-0.2, -0.15) is 0 Å². The minimum atomic E-state index is 0.309. The Labute approximate surface area is 122 Å². The highest BCUT2D eigenvalue weighted by molar-refractivity contribution is 5.43. The van der Waals surface area contributed by atoms with Gasteiger partial charge in [0, 0.05) is 13.1 Å². The molecule has 20 heavy (non-hydrogen) atoms. The van der Waals surface area contributed by atoms with Crippen LogP contribution in [-0.2, 0) is 6.42 Å². The third-order valence-corrected chi connectivity index (χ3v) is 3.85. The fourth-order valence-electron chi connectivity index (χ4n) is 2.52. The molecule has 1 aromatic rings. The van der Waals surface area contributed by atoms with Crippen LogP contribution in [0.25, 0.3) is 0 Å². The molecule has 0 amide bonds. The second-order valence-electron chi connectivity index (χ2n) is 5.46. The molecule has 0 atom stereocenters. The van der Waals surface area contributed by atoms with Gasteiger partial charge in [0.1, 0.15) is 6.10 Å². The minimum Gasteiger partial charge on any atom is -0.493 e. The fourth-order valence-corrected chi connectivity index (χ4v) is 2.52. The van der Waals surface area contributed by atoms with E-state index >= 15 is 0 Å². The summed E-state index contributed by atoms with van der Waals surface area (Å²) in [6.07, 6.45) is 3.48. The SMILES string of the molecule is CNCCc1ccc(OC2CCN(C)CC2)c(OC)c1. The van der Waals surface area contributed by atoms with Crippen molar-refractivity contribution in [2.45, 2.75) is 25.4 Å². The number of nitrogens with one attached hydrogen (secondary N) is 1. The number of likely N-dealkylation sites (N-methyl/N-ethyl adjacent to an activating group) is 1. The van der Waals surface area contributed by atoms with Crippen LogP contribution in [0.15, 0.2) is 18.2 Å². The normalized spacial score (nSPS) is 17.1. The molecule has 1 aliphatic rings. The van der Waals surface area contributed by atoms with Gasteiger partial charge in [-0.3, -0.25) is 0 Å². The van der Waals surface area contributed by atoms with Crippen molar-refractivity contribution >= 4 is 0 Å². The van der Waals surface area contributed by atoms with Gasteiger partial charge in [0.2, 0.25) is 0 Å². The van der Waals surface area contributed by atoms with E-state index in [9.17, 15) is 0 Å². The van der Waals surface area contributed by atoms with E-state index < -0.39 is 0 Å². The lowest BCUT2D eigenvalue weighted by Crippen LogP contribution is -2.35. The summed E-state index contributed by atoms with van der Waals surface area (Å²) in [5.41, 5.74) is 1.27. The summed E-state index contributed by atoms with van der Waals surface area (Å²) in [6.45, 7) is 3.18. The molecule has 0 aliphatic carbocycles. The molecule has 2 rings (SSSR count). The van der Waals surface area contributed by atoms with E-state index in [0.29, 0.717) is 6.10 Å². The number of piperidine rings is 1. The Morgan fingerprint density at radius 3 is 2.65 bits per heavy atom. The van der Waals surface area contributed by atoms with Crippen LogP contribution in [0.3, 0.4) is 0 Å². The Morgan fingerprint density at radius 1 is 1.25 bits per heavy atom. The van der Waals surface area contributed by atoms with Crippen LogP contribution in [0.1, 0.15) is 18.4 Å². The standard InChI is InChI=1S/C16H26N2O2/c1-17-9-6-13-4-5-15(16(12-13)19-3)20-14-7-10-18(2)11-8-14/h4-5,12,14,17H,6-11H2,1-3H3. The molecular weight excluding hydrogens is 252 g/mol. The second-order valence-corrected chi connectivity index (χ2v) is 5.46. The molecule has 0 spiro atoms. The smallest absolute Gasteiger partial charge is 0.161 e. The van der Waals surface area contributed by atoms with Gasteiger partial charge in [-0.15, -0.1) is 0 Å². The monoisotopic (exact) mass is 278 g/mol. The third kappa shape index (κ3) is 4.12. The summed E-state index contributed by atoms with van der Waals surface area (Å²) in [6, 6.07) is 6.26. The quantitative estimate of drug-likeness (QED) is 0.862. The lowest BCUT2D eigenvalue weighted by molar-refractivity contribution is 0.111. The van der Waals surface area contributed by atoms with Crippen molar-refractivity contribution in [3.8, 4) is 11.5 Å². The molecule has 4 nitrogen and oxygen atoms in total. The lowest BCUT2D eigenvalue weighted by atomic mass is 10.1. The van der Waals surface area contributed by atoms with Crippen LogP contribution < -0.4 is 14.8 Å². The Bertz CT molecular complexity index is 415. The van der Waals surface area contributed by atoms with Gasteiger partial charge in [0.15, 0.2) is 11.5 Å². The first-order valence-corrected chi connectivity index (χ1v) is 7.39. The van der Waals surface area contributed by atoms with Crippen molar-refractivity contribution in [2.75, 3.05) is 40.8 Å². The minimum absolute atomic E-state index is 0.309. The van der Waals surface area contributed by atoms with E-state index in [0.717, 1.165) is 50.4 Å². The highest BCUT2D eigenvalue weighted by Crippen LogP contribution is 2.30. The maximum atomic E-state index is 6.12. The lowest BCUT2D eigenvalue weighted by Gasteiger charge is -2.29. The molecule has 1 heterocycles. The molecule has 0 aromatic heterocycles. The number of benzene rings is 1. The second kappa shape index (κ2) is 7.50. The predicted octanol–water partition coefficient (Wildman–Crippen LogP) is 1.93. The van der Waals surface area contributed by atoms with Crippen LogP contribution in [0.5, 0.6) is 11.5 Å². The zero-order valence-electron chi connectivity index (χ0n) is 12.8. The molecule has 1 N–H and O–H groups in total. The maximum Gasteiger partial charge on any atom is 0.161 e. The van der Waals surface area contributed by atoms with Crippen LogP contribution >= 0.6 is 0 Å². The predicted molar refractivity (Wildman–Crippen MR) is 81.8 cm³/mol. The Kier molecular flexibility index (Phi) is 5.68. The third-order valence-electron chi connectivity index (χ3n) is 3.85. The molecule has 1 aliphatic heterocycles. The van der Waals surface area contributed by atoms with Gasteiger partial charge in [-0.1, -0.05) is 6.07 Å². The van der Waals surface area contributed by atoms with Gasteiger partial charge < -0.3 is 19.7 Å². The fraction of sp³-hybridized carbons (Fsp3) is 0.625. The molecule has 0 unspecified atom stereocenters. The van der Waals surface area contributed by atoms with Gasteiger partial charge in [-0.25, -0.2) is 0 Å². The van der Waals surface area contributed by atoms with E-state index in [1.807, 2.05) is 13.1 Å². The van der Waals surface area contributed by atoms with Gasteiger partial charge in [-0.05, 0) is 57.6 Å². The molecule has 112 valence electrons. The van der Waals surface area contributed by atoms with Crippen LogP contribution in [0.4, 0.5) is 0 Å². The number of methoxy groups -OCH3 is 1. The average Bonchev–Trinajstić information content (AvgIpc) is 2.48. The summed E-state index contributed by atoms with van der Waals surface area (Å²) >= 11 is 0.